The van der Waals surface area contributed by atoms with E-state index in [1.54, 1.807) is 0 Å². The third kappa shape index (κ3) is 4.19. The van der Waals surface area contributed by atoms with Gasteiger partial charge in [-0.15, -0.1) is 0 Å². The predicted molar refractivity (Wildman–Crippen MR) is 81.6 cm³/mol. The Bertz CT molecular complexity index is 542. The zero-order valence-electron chi connectivity index (χ0n) is 12.5. The Hall–Kier alpha value is -2.08. The highest BCUT2D eigenvalue weighted by Gasteiger charge is 2.20. The van der Waals surface area contributed by atoms with E-state index in [2.05, 4.69) is 10.6 Å². The molecule has 6 heteroatoms. The summed E-state index contributed by atoms with van der Waals surface area (Å²) >= 11 is 0. The number of fused-ring (bicyclic) bond motifs is 1. The van der Waals surface area contributed by atoms with Crippen molar-refractivity contribution in [3.05, 3.63) is 29.3 Å². The number of hydrogen-bond donors (Lipinski definition) is 3. The van der Waals surface area contributed by atoms with Gasteiger partial charge >= 0.3 is 6.03 Å². The molecular formula is C15H22N4O2. The second-order valence-corrected chi connectivity index (χ2v) is 5.62. The molecule has 2 rings (SSSR count). The number of rotatable bonds is 3. The number of nitrogens with zero attached hydrogens (tertiary/aromatic N) is 1. The van der Waals surface area contributed by atoms with Crippen LogP contribution in [0.2, 0.25) is 0 Å². The van der Waals surface area contributed by atoms with Crippen LogP contribution in [0.1, 0.15) is 25.0 Å². The SMILES string of the molecule is CC(C)NC(=O)NC(=O)CN1CCc2c(N)cccc2C1. The van der Waals surface area contributed by atoms with Crippen LogP contribution in [0.3, 0.4) is 0 Å². The molecule has 4 N–H and O–H groups in total. The molecular weight excluding hydrogens is 268 g/mol. The Balaban J connectivity index is 1.88. The number of benzene rings is 1. The summed E-state index contributed by atoms with van der Waals surface area (Å²) in [5.41, 5.74) is 9.09. The smallest absolute Gasteiger partial charge is 0.321 e. The van der Waals surface area contributed by atoms with E-state index in [9.17, 15) is 9.59 Å². The lowest BCUT2D eigenvalue weighted by molar-refractivity contribution is -0.121. The second kappa shape index (κ2) is 6.58. The highest BCUT2D eigenvalue weighted by Crippen LogP contribution is 2.23. The standard InChI is InChI=1S/C15H22N4O2/c1-10(2)17-15(21)18-14(20)9-19-7-6-12-11(8-19)4-3-5-13(12)16/h3-5,10H,6-9,16H2,1-2H3,(H2,17,18,20,21). The van der Waals surface area contributed by atoms with E-state index in [1.165, 1.54) is 5.56 Å². The van der Waals surface area contributed by atoms with E-state index in [1.807, 2.05) is 36.9 Å². The van der Waals surface area contributed by atoms with Crippen LogP contribution in [-0.4, -0.2) is 36.0 Å². The Kier molecular flexibility index (Phi) is 4.80. The van der Waals surface area contributed by atoms with Gasteiger partial charge in [0.05, 0.1) is 6.54 Å². The van der Waals surface area contributed by atoms with E-state index >= 15 is 0 Å². The zero-order valence-corrected chi connectivity index (χ0v) is 12.5. The topological polar surface area (TPSA) is 87.5 Å². The number of carbonyl (C=O) groups is 2. The van der Waals surface area contributed by atoms with Crippen LogP contribution >= 0.6 is 0 Å². The summed E-state index contributed by atoms with van der Waals surface area (Å²) in [5.74, 6) is -0.291. The molecule has 0 aliphatic carbocycles. The summed E-state index contributed by atoms with van der Waals surface area (Å²) in [6, 6.07) is 5.41. The van der Waals surface area contributed by atoms with Crippen LogP contribution in [0.4, 0.5) is 10.5 Å². The third-order valence-corrected chi connectivity index (χ3v) is 3.42. The minimum Gasteiger partial charge on any atom is -0.398 e. The molecule has 3 amide bonds. The maximum Gasteiger partial charge on any atom is 0.321 e. The minimum absolute atomic E-state index is 0.00244. The summed E-state index contributed by atoms with van der Waals surface area (Å²) in [6.07, 6.45) is 0.827. The number of hydrogen-bond acceptors (Lipinski definition) is 4. The van der Waals surface area contributed by atoms with E-state index in [0.717, 1.165) is 24.2 Å². The van der Waals surface area contributed by atoms with Gasteiger partial charge in [0.2, 0.25) is 5.91 Å². The Labute approximate surface area is 124 Å². The first-order chi connectivity index (χ1) is 9.95. The normalized spacial score (nSPS) is 14.6. The Morgan fingerprint density at radius 2 is 2.14 bits per heavy atom. The molecule has 1 aliphatic rings. The van der Waals surface area contributed by atoms with Gasteiger partial charge in [-0.3, -0.25) is 15.0 Å². The molecule has 0 bridgehead atoms. The van der Waals surface area contributed by atoms with Crippen molar-refractivity contribution in [1.29, 1.82) is 0 Å². The summed E-state index contributed by atoms with van der Waals surface area (Å²) in [7, 11) is 0. The first-order valence-electron chi connectivity index (χ1n) is 7.14. The third-order valence-electron chi connectivity index (χ3n) is 3.42. The molecule has 0 atom stereocenters. The van der Waals surface area contributed by atoms with Gasteiger partial charge in [0.15, 0.2) is 0 Å². The van der Waals surface area contributed by atoms with E-state index in [-0.39, 0.29) is 18.5 Å². The lowest BCUT2D eigenvalue weighted by atomic mass is 9.98. The molecule has 1 aromatic carbocycles. The van der Waals surface area contributed by atoms with Crippen LogP contribution in [0, 0.1) is 0 Å². The van der Waals surface area contributed by atoms with Gasteiger partial charge in [0.25, 0.3) is 0 Å². The summed E-state index contributed by atoms with van der Waals surface area (Å²) in [6.45, 7) is 5.34. The summed E-state index contributed by atoms with van der Waals surface area (Å²) in [4.78, 5) is 25.3. The largest absolute Gasteiger partial charge is 0.398 e. The van der Waals surface area contributed by atoms with Crippen molar-refractivity contribution < 1.29 is 9.59 Å². The van der Waals surface area contributed by atoms with Crippen molar-refractivity contribution in [2.75, 3.05) is 18.8 Å². The maximum absolute atomic E-state index is 11.8. The van der Waals surface area contributed by atoms with Gasteiger partial charge in [0.1, 0.15) is 0 Å². The van der Waals surface area contributed by atoms with Crippen molar-refractivity contribution in [3.63, 3.8) is 0 Å². The van der Waals surface area contributed by atoms with Crippen LogP contribution in [-0.2, 0) is 17.8 Å². The molecule has 1 aliphatic heterocycles. The maximum atomic E-state index is 11.8. The lowest BCUT2D eigenvalue weighted by Crippen LogP contribution is -2.47. The number of nitrogens with two attached hydrogens (primary N) is 1. The van der Waals surface area contributed by atoms with Gasteiger partial charge < -0.3 is 11.1 Å². The average molecular weight is 290 g/mol. The van der Waals surface area contributed by atoms with Crippen LogP contribution in [0.5, 0.6) is 0 Å². The predicted octanol–water partition coefficient (Wildman–Crippen LogP) is 0.861. The van der Waals surface area contributed by atoms with Gasteiger partial charge in [0, 0.05) is 24.8 Å². The molecule has 1 aromatic rings. The second-order valence-electron chi connectivity index (χ2n) is 5.62. The number of amides is 3. The molecule has 114 valence electrons. The Morgan fingerprint density at radius 3 is 2.86 bits per heavy atom. The monoisotopic (exact) mass is 290 g/mol. The molecule has 0 saturated heterocycles. The molecule has 1 heterocycles. The number of anilines is 1. The molecule has 21 heavy (non-hydrogen) atoms. The van der Waals surface area contributed by atoms with E-state index in [4.69, 9.17) is 5.73 Å². The average Bonchev–Trinajstić information content (AvgIpc) is 2.37. The fourth-order valence-electron chi connectivity index (χ4n) is 2.50. The van der Waals surface area contributed by atoms with Crippen molar-refractivity contribution in [2.24, 2.45) is 0 Å². The molecule has 0 aromatic heterocycles. The van der Waals surface area contributed by atoms with Gasteiger partial charge in [-0.05, 0) is 37.5 Å². The number of imide groups is 1. The van der Waals surface area contributed by atoms with Gasteiger partial charge in [-0.1, -0.05) is 12.1 Å². The quantitative estimate of drug-likeness (QED) is 0.721. The van der Waals surface area contributed by atoms with Crippen molar-refractivity contribution in [1.82, 2.24) is 15.5 Å². The highest BCUT2D eigenvalue weighted by molar-refractivity contribution is 5.95. The molecule has 0 fully saturated rings. The van der Waals surface area contributed by atoms with Crippen LogP contribution in [0.25, 0.3) is 0 Å². The van der Waals surface area contributed by atoms with Gasteiger partial charge in [-0.2, -0.15) is 0 Å². The number of nitrogen functional groups attached to an aromatic ring is 1. The molecule has 0 unspecified atom stereocenters. The van der Waals surface area contributed by atoms with Crippen molar-refractivity contribution in [3.8, 4) is 0 Å². The summed E-state index contributed by atoms with van der Waals surface area (Å²) < 4.78 is 0. The molecule has 6 nitrogen and oxygen atoms in total. The van der Waals surface area contributed by atoms with Crippen LogP contribution in [0.15, 0.2) is 18.2 Å². The first kappa shape index (κ1) is 15.3. The Morgan fingerprint density at radius 1 is 1.38 bits per heavy atom. The minimum atomic E-state index is -0.448. The highest BCUT2D eigenvalue weighted by atomic mass is 16.2. The zero-order chi connectivity index (χ0) is 15.4. The van der Waals surface area contributed by atoms with Crippen molar-refractivity contribution in [2.45, 2.75) is 32.9 Å². The van der Waals surface area contributed by atoms with Crippen LogP contribution < -0.4 is 16.4 Å². The van der Waals surface area contributed by atoms with Gasteiger partial charge in [-0.25, -0.2) is 4.79 Å². The number of urea groups is 1. The number of carbonyl (C=O) groups excluding carboxylic acids is 2. The fraction of sp³-hybridized carbons (Fsp3) is 0.467. The summed E-state index contributed by atoms with van der Waals surface area (Å²) in [5, 5.41) is 4.97. The molecule has 0 radical (unpaired) electrons. The van der Waals surface area contributed by atoms with E-state index in [0.29, 0.717) is 6.54 Å². The molecule has 0 saturated carbocycles. The lowest BCUT2D eigenvalue weighted by Gasteiger charge is -2.28. The van der Waals surface area contributed by atoms with E-state index < -0.39 is 6.03 Å². The number of nitrogens with one attached hydrogen (secondary N) is 2. The first-order valence-corrected chi connectivity index (χ1v) is 7.14. The fourth-order valence-corrected chi connectivity index (χ4v) is 2.50. The van der Waals surface area contributed by atoms with Crippen molar-refractivity contribution >= 4 is 17.6 Å². The molecule has 0 spiro atoms.